The fourth-order valence-electron chi connectivity index (χ4n) is 2.50. The normalized spacial score (nSPS) is 13.2. The maximum Gasteiger partial charge on any atom is 0.243 e. The molecular formula is C19H29ClN2O2. The Morgan fingerprint density at radius 1 is 1.12 bits per heavy atom. The number of carbonyl (C=O) groups excluding carboxylic acids is 2. The first-order chi connectivity index (χ1) is 11.4. The number of nitrogens with zero attached hydrogens (tertiary/aromatic N) is 1. The molecule has 134 valence electrons. The van der Waals surface area contributed by atoms with Gasteiger partial charge in [-0.3, -0.25) is 9.59 Å². The molecule has 0 fully saturated rings. The van der Waals surface area contributed by atoms with E-state index in [1.165, 1.54) is 0 Å². The molecule has 1 aromatic rings. The lowest BCUT2D eigenvalue weighted by Gasteiger charge is -2.31. The number of benzene rings is 1. The fourth-order valence-corrected chi connectivity index (χ4v) is 2.63. The smallest absolute Gasteiger partial charge is 0.243 e. The third-order valence-electron chi connectivity index (χ3n) is 4.12. The Balaban J connectivity index is 2.98. The molecule has 0 saturated carbocycles. The van der Waals surface area contributed by atoms with Crippen LogP contribution in [0.3, 0.4) is 0 Å². The molecule has 1 aromatic carbocycles. The van der Waals surface area contributed by atoms with Crippen LogP contribution in [0.5, 0.6) is 0 Å². The van der Waals surface area contributed by atoms with E-state index in [0.29, 0.717) is 24.4 Å². The molecule has 24 heavy (non-hydrogen) atoms. The largest absolute Gasteiger partial charge is 0.352 e. The van der Waals surface area contributed by atoms with Crippen molar-refractivity contribution in [3.63, 3.8) is 0 Å². The van der Waals surface area contributed by atoms with Gasteiger partial charge in [-0.25, -0.2) is 0 Å². The number of rotatable bonds is 9. The fraction of sp³-hybridized carbons (Fsp3) is 0.579. The van der Waals surface area contributed by atoms with Gasteiger partial charge >= 0.3 is 0 Å². The second-order valence-corrected chi connectivity index (χ2v) is 6.58. The Kier molecular flexibility index (Phi) is 8.83. The molecule has 0 aromatic heterocycles. The molecule has 1 rings (SSSR count). The molecule has 0 aliphatic heterocycles. The topological polar surface area (TPSA) is 49.4 Å². The van der Waals surface area contributed by atoms with Gasteiger partial charge in [0.2, 0.25) is 11.8 Å². The zero-order valence-corrected chi connectivity index (χ0v) is 15.9. The molecule has 2 atom stereocenters. The van der Waals surface area contributed by atoms with Crippen LogP contribution in [-0.2, 0) is 16.1 Å². The average Bonchev–Trinajstić information content (AvgIpc) is 2.56. The first kappa shape index (κ1) is 20.5. The SMILES string of the molecule is CCCC(=O)N(Cc1ccc(Cl)cc1)C(CC)C(=O)NC(C)CC. The molecule has 0 heterocycles. The van der Waals surface area contributed by atoms with Crippen molar-refractivity contribution in [2.24, 2.45) is 0 Å². The monoisotopic (exact) mass is 352 g/mol. The summed E-state index contributed by atoms with van der Waals surface area (Å²) in [5, 5.41) is 3.66. The number of amides is 2. The van der Waals surface area contributed by atoms with E-state index in [2.05, 4.69) is 5.32 Å². The summed E-state index contributed by atoms with van der Waals surface area (Å²) in [5.41, 5.74) is 0.971. The third kappa shape index (κ3) is 6.16. The van der Waals surface area contributed by atoms with Gasteiger partial charge in [-0.15, -0.1) is 0 Å². The second-order valence-electron chi connectivity index (χ2n) is 6.14. The highest BCUT2D eigenvalue weighted by atomic mass is 35.5. The van der Waals surface area contributed by atoms with E-state index in [4.69, 9.17) is 11.6 Å². The zero-order valence-electron chi connectivity index (χ0n) is 15.1. The quantitative estimate of drug-likeness (QED) is 0.725. The predicted octanol–water partition coefficient (Wildman–Crippen LogP) is 4.16. The van der Waals surface area contributed by atoms with Crippen molar-refractivity contribution in [2.45, 2.75) is 72.0 Å². The Bertz CT molecular complexity index is 531. The summed E-state index contributed by atoms with van der Waals surface area (Å²) < 4.78 is 0. The summed E-state index contributed by atoms with van der Waals surface area (Å²) in [4.78, 5) is 26.9. The molecule has 4 nitrogen and oxygen atoms in total. The van der Waals surface area contributed by atoms with Crippen LogP contribution in [-0.4, -0.2) is 28.8 Å². The van der Waals surface area contributed by atoms with Crippen LogP contribution in [0.25, 0.3) is 0 Å². The summed E-state index contributed by atoms with van der Waals surface area (Å²) in [6, 6.07) is 7.06. The highest BCUT2D eigenvalue weighted by molar-refractivity contribution is 6.30. The number of hydrogen-bond acceptors (Lipinski definition) is 2. The molecule has 2 unspecified atom stereocenters. The maximum absolute atomic E-state index is 12.6. The first-order valence-electron chi connectivity index (χ1n) is 8.77. The van der Waals surface area contributed by atoms with Gasteiger partial charge in [-0.05, 0) is 43.9 Å². The lowest BCUT2D eigenvalue weighted by Crippen LogP contribution is -2.50. The van der Waals surface area contributed by atoms with E-state index < -0.39 is 6.04 Å². The van der Waals surface area contributed by atoms with Crippen LogP contribution < -0.4 is 5.32 Å². The van der Waals surface area contributed by atoms with Gasteiger partial charge < -0.3 is 10.2 Å². The van der Waals surface area contributed by atoms with E-state index in [9.17, 15) is 9.59 Å². The van der Waals surface area contributed by atoms with Crippen LogP contribution in [0.1, 0.15) is 58.9 Å². The van der Waals surface area contributed by atoms with Crippen molar-refractivity contribution in [1.29, 1.82) is 0 Å². The Morgan fingerprint density at radius 3 is 2.25 bits per heavy atom. The van der Waals surface area contributed by atoms with Gasteiger partial charge in [0.05, 0.1) is 0 Å². The molecule has 0 radical (unpaired) electrons. The number of hydrogen-bond donors (Lipinski definition) is 1. The predicted molar refractivity (Wildman–Crippen MR) is 98.9 cm³/mol. The molecule has 2 amide bonds. The summed E-state index contributed by atoms with van der Waals surface area (Å²) in [5.74, 6) is -0.0659. The van der Waals surface area contributed by atoms with E-state index in [1.807, 2.05) is 39.8 Å². The summed E-state index contributed by atoms with van der Waals surface area (Å²) in [7, 11) is 0. The number of carbonyl (C=O) groups is 2. The number of nitrogens with one attached hydrogen (secondary N) is 1. The molecular weight excluding hydrogens is 324 g/mol. The second kappa shape index (κ2) is 10.3. The van der Waals surface area contributed by atoms with Gasteiger partial charge in [0.1, 0.15) is 6.04 Å². The Labute approximate surface area is 150 Å². The van der Waals surface area contributed by atoms with Crippen LogP contribution >= 0.6 is 11.6 Å². The van der Waals surface area contributed by atoms with E-state index in [-0.39, 0.29) is 17.9 Å². The van der Waals surface area contributed by atoms with Crippen molar-refractivity contribution in [2.75, 3.05) is 0 Å². The molecule has 0 saturated heterocycles. The standard InChI is InChI=1S/C19H29ClN2O2/c1-5-8-18(23)22(13-15-9-11-16(20)12-10-15)17(7-3)19(24)21-14(4)6-2/h9-12,14,17H,5-8,13H2,1-4H3,(H,21,24). The van der Waals surface area contributed by atoms with Crippen molar-refractivity contribution in [3.8, 4) is 0 Å². The van der Waals surface area contributed by atoms with Crippen LogP contribution in [0, 0.1) is 0 Å². The maximum atomic E-state index is 12.6. The third-order valence-corrected chi connectivity index (χ3v) is 4.37. The summed E-state index contributed by atoms with van der Waals surface area (Å²) in [6.07, 6.45) is 2.66. The summed E-state index contributed by atoms with van der Waals surface area (Å²) >= 11 is 5.93. The van der Waals surface area contributed by atoms with Crippen molar-refractivity contribution < 1.29 is 9.59 Å². The van der Waals surface area contributed by atoms with Crippen LogP contribution in [0.15, 0.2) is 24.3 Å². The Hall–Kier alpha value is -1.55. The molecule has 0 bridgehead atoms. The first-order valence-corrected chi connectivity index (χ1v) is 9.14. The van der Waals surface area contributed by atoms with Crippen LogP contribution in [0.2, 0.25) is 5.02 Å². The minimum absolute atomic E-state index is 0.0126. The molecule has 0 spiro atoms. The minimum atomic E-state index is -0.450. The minimum Gasteiger partial charge on any atom is -0.352 e. The Morgan fingerprint density at radius 2 is 1.75 bits per heavy atom. The summed E-state index contributed by atoms with van der Waals surface area (Å²) in [6.45, 7) is 8.33. The molecule has 0 aliphatic rings. The lowest BCUT2D eigenvalue weighted by atomic mass is 10.1. The highest BCUT2D eigenvalue weighted by Crippen LogP contribution is 2.16. The lowest BCUT2D eigenvalue weighted by molar-refractivity contribution is -0.141. The van der Waals surface area contributed by atoms with Gasteiger partial charge in [-0.1, -0.05) is 44.5 Å². The highest BCUT2D eigenvalue weighted by Gasteiger charge is 2.28. The molecule has 5 heteroatoms. The van der Waals surface area contributed by atoms with Gasteiger partial charge in [-0.2, -0.15) is 0 Å². The van der Waals surface area contributed by atoms with Gasteiger partial charge in [0.25, 0.3) is 0 Å². The van der Waals surface area contributed by atoms with Crippen LogP contribution in [0.4, 0.5) is 0 Å². The molecule has 0 aliphatic carbocycles. The van der Waals surface area contributed by atoms with E-state index in [1.54, 1.807) is 17.0 Å². The van der Waals surface area contributed by atoms with E-state index in [0.717, 1.165) is 18.4 Å². The number of halogens is 1. The molecule has 1 N–H and O–H groups in total. The zero-order chi connectivity index (χ0) is 18.1. The van der Waals surface area contributed by atoms with Gasteiger partial charge in [0, 0.05) is 24.0 Å². The van der Waals surface area contributed by atoms with Crippen molar-refractivity contribution in [1.82, 2.24) is 10.2 Å². The average molecular weight is 353 g/mol. The van der Waals surface area contributed by atoms with Crippen molar-refractivity contribution >= 4 is 23.4 Å². The van der Waals surface area contributed by atoms with Crippen molar-refractivity contribution in [3.05, 3.63) is 34.9 Å². The van der Waals surface area contributed by atoms with Gasteiger partial charge in [0.15, 0.2) is 0 Å². The van der Waals surface area contributed by atoms with E-state index >= 15 is 0 Å².